The Hall–Kier alpha value is -6.40. The zero-order valence-corrected chi connectivity index (χ0v) is 40.3. The number of ether oxygens (including phenoxy) is 4. The van der Waals surface area contributed by atoms with E-state index in [1.165, 1.54) is 0 Å². The highest BCUT2D eigenvalue weighted by Gasteiger charge is 2.40. The molecule has 2 atom stereocenters. The number of carbonyl (C=O) groups excluding carboxylic acids is 5. The highest BCUT2D eigenvalue weighted by atomic mass is 33.1. The third-order valence-corrected chi connectivity index (χ3v) is 15.9. The van der Waals surface area contributed by atoms with Gasteiger partial charge in [-0.2, -0.15) is 0 Å². The molecular weight excluding hydrogens is 909 g/mol. The van der Waals surface area contributed by atoms with Crippen molar-refractivity contribution in [3.05, 3.63) is 89.0 Å². The van der Waals surface area contributed by atoms with Gasteiger partial charge in [0.2, 0.25) is 0 Å². The molecule has 0 aromatic heterocycles. The van der Waals surface area contributed by atoms with Crippen molar-refractivity contribution in [3.63, 3.8) is 0 Å². The Morgan fingerprint density at radius 1 is 0.809 bits per heavy atom. The molecule has 5 heterocycles. The Bertz CT molecular complexity index is 2680. The molecule has 16 nitrogen and oxygen atoms in total. The lowest BCUT2D eigenvalue weighted by Crippen LogP contribution is -2.39. The van der Waals surface area contributed by atoms with E-state index in [1.54, 1.807) is 58.9 Å². The molecule has 1 fully saturated rings. The Morgan fingerprint density at radius 3 is 2.25 bits per heavy atom. The van der Waals surface area contributed by atoms with Gasteiger partial charge in [-0.3, -0.25) is 29.1 Å². The number of anilines is 4. The zero-order valence-electron chi connectivity index (χ0n) is 38.7. The van der Waals surface area contributed by atoms with Crippen LogP contribution in [0.25, 0.3) is 0 Å². The van der Waals surface area contributed by atoms with Crippen LogP contribution in [0.1, 0.15) is 77.8 Å². The number of carbonyl (C=O) groups is 5. The zero-order chi connectivity index (χ0) is 47.7. The Kier molecular flexibility index (Phi) is 13.5. The number of rotatable bonds is 18. The summed E-state index contributed by atoms with van der Waals surface area (Å²) in [5.74, 6) is 0.764. The molecule has 4 amide bonds. The molecule has 9 rings (SSSR count). The van der Waals surface area contributed by atoms with Crippen LogP contribution >= 0.6 is 21.6 Å². The predicted molar refractivity (Wildman–Crippen MR) is 264 cm³/mol. The third kappa shape index (κ3) is 9.52. The van der Waals surface area contributed by atoms with Crippen molar-refractivity contribution in [2.45, 2.75) is 75.6 Å². The highest BCUT2D eigenvalue weighted by Crippen LogP contribution is 2.44. The summed E-state index contributed by atoms with van der Waals surface area (Å²) in [7, 11) is 8.54. The normalized spacial score (nSPS) is 17.9. The Morgan fingerprint density at radius 2 is 1.50 bits per heavy atom. The first kappa shape index (κ1) is 46.7. The number of hydrogen-bond donors (Lipinski definition) is 1. The minimum absolute atomic E-state index is 0.0695. The average molecular weight is 963 g/mol. The van der Waals surface area contributed by atoms with E-state index in [0.29, 0.717) is 108 Å². The second kappa shape index (κ2) is 19.7. The van der Waals surface area contributed by atoms with Crippen molar-refractivity contribution < 1.29 is 47.8 Å². The molecule has 0 aliphatic carbocycles. The number of nitrogens with one attached hydrogen (secondary N) is 1. The van der Waals surface area contributed by atoms with Gasteiger partial charge in [0.05, 0.1) is 62.0 Å². The van der Waals surface area contributed by atoms with E-state index in [9.17, 15) is 24.0 Å². The fraction of sp³-hybridized carbons (Fsp3) is 0.400. The standard InChI is InChI=1S/C50H54N6O10S2/c1-50(2,68-67-19-8-12-47(59)66-56-45(57)15-16-46(56)58)29-53(3)32-14-13-31-21-34-28-52-38-26-44(42(63-5)24-36(38)49(61)55(34)40(31)22-32)65-18-9-17-64-43-25-37-35(23-41(43)62-4)48(60)54-33(27-51-37)20-30-10-6-7-11-39(30)54/h6-7,10-11,13-14,22-27,33-34,52H,8-9,12,15-21,28-29H2,1-5H3/t33-,34-/m0/s1. The number of methoxy groups -OCH3 is 2. The molecule has 5 aliphatic rings. The van der Waals surface area contributed by atoms with E-state index >= 15 is 0 Å². The van der Waals surface area contributed by atoms with Crippen LogP contribution in [0, 0.1) is 0 Å². The number of nitrogens with zero attached hydrogens (tertiary/aromatic N) is 5. The first-order chi connectivity index (χ1) is 32.8. The molecule has 1 saturated heterocycles. The van der Waals surface area contributed by atoms with Gasteiger partial charge < -0.3 is 38.9 Å². The number of fused-ring (bicyclic) bond motifs is 8. The van der Waals surface area contributed by atoms with Crippen LogP contribution in [0.5, 0.6) is 23.0 Å². The smallest absolute Gasteiger partial charge is 0.333 e. The number of amides is 4. The largest absolute Gasteiger partial charge is 0.493 e. The van der Waals surface area contributed by atoms with E-state index in [-0.39, 0.29) is 47.9 Å². The number of imide groups is 1. The van der Waals surface area contributed by atoms with Crippen molar-refractivity contribution in [2.75, 3.05) is 73.3 Å². The van der Waals surface area contributed by atoms with Crippen molar-refractivity contribution in [2.24, 2.45) is 4.99 Å². The summed E-state index contributed by atoms with van der Waals surface area (Å²) in [4.78, 5) is 79.5. The quantitative estimate of drug-likeness (QED) is 0.0582. The molecule has 356 valence electrons. The third-order valence-electron chi connectivity index (χ3n) is 12.5. The maximum Gasteiger partial charge on any atom is 0.333 e. The van der Waals surface area contributed by atoms with Gasteiger partial charge in [0, 0.05) is 98.2 Å². The molecular formula is C50H54N6O10S2. The molecule has 5 aliphatic heterocycles. The van der Waals surface area contributed by atoms with Crippen molar-refractivity contribution in [1.29, 1.82) is 0 Å². The molecule has 0 spiro atoms. The average Bonchev–Trinajstić information content (AvgIpc) is 3.94. The summed E-state index contributed by atoms with van der Waals surface area (Å²) in [6.45, 7) is 6.21. The summed E-state index contributed by atoms with van der Waals surface area (Å²) in [5, 5.41) is 4.11. The van der Waals surface area contributed by atoms with Crippen LogP contribution < -0.4 is 39.0 Å². The SMILES string of the molecule is COc1cc2c(cc1OCCCOc1cc3c(cc1OC)C(=O)N1c4cc(N(C)CC(C)(C)SSCCCC(=O)ON5C(=O)CCC5=O)ccc4C[C@H]1CN3)N=C[C@@H]1Cc3ccccc3N1C2=O. The van der Waals surface area contributed by atoms with Gasteiger partial charge >= 0.3 is 5.97 Å². The Labute approximate surface area is 403 Å². The molecule has 4 aromatic carbocycles. The molecule has 0 bridgehead atoms. The van der Waals surface area contributed by atoms with Crippen LogP contribution in [-0.2, 0) is 32.1 Å². The van der Waals surface area contributed by atoms with Crippen LogP contribution in [0.3, 0.4) is 0 Å². The lowest BCUT2D eigenvalue weighted by molar-refractivity contribution is -0.197. The van der Waals surface area contributed by atoms with Crippen LogP contribution in [0.2, 0.25) is 0 Å². The fourth-order valence-corrected chi connectivity index (χ4v) is 11.9. The second-order valence-corrected chi connectivity index (χ2v) is 21.0. The molecule has 1 N–H and O–H groups in total. The number of hydrogen-bond acceptors (Lipinski definition) is 15. The van der Waals surface area contributed by atoms with Gasteiger partial charge in [-0.25, -0.2) is 4.79 Å². The maximum atomic E-state index is 14.5. The summed E-state index contributed by atoms with van der Waals surface area (Å²) in [6.07, 6.45) is 4.58. The van der Waals surface area contributed by atoms with Gasteiger partial charge in [-0.15, -0.1) is 5.06 Å². The fourth-order valence-electron chi connectivity index (χ4n) is 9.26. The van der Waals surface area contributed by atoms with E-state index in [1.807, 2.05) is 48.5 Å². The first-order valence-electron chi connectivity index (χ1n) is 22.8. The number of benzene rings is 4. The van der Waals surface area contributed by atoms with Gasteiger partial charge in [-0.1, -0.05) is 45.9 Å². The van der Waals surface area contributed by atoms with E-state index in [2.05, 4.69) is 42.3 Å². The first-order valence-corrected chi connectivity index (χ1v) is 25.1. The van der Waals surface area contributed by atoms with E-state index in [4.69, 9.17) is 28.8 Å². The number of para-hydroxylation sites is 1. The monoisotopic (exact) mass is 962 g/mol. The van der Waals surface area contributed by atoms with Gasteiger partial charge in [0.15, 0.2) is 23.0 Å². The molecule has 0 saturated carbocycles. The van der Waals surface area contributed by atoms with Crippen molar-refractivity contribution >= 4 is 85.8 Å². The van der Waals surface area contributed by atoms with Crippen molar-refractivity contribution in [3.8, 4) is 23.0 Å². The van der Waals surface area contributed by atoms with Crippen LogP contribution in [0.15, 0.2) is 71.7 Å². The summed E-state index contributed by atoms with van der Waals surface area (Å²) >= 11 is 0. The Balaban J connectivity index is 0.785. The molecule has 0 unspecified atom stereocenters. The van der Waals surface area contributed by atoms with E-state index < -0.39 is 17.8 Å². The minimum atomic E-state index is -0.587. The number of aliphatic imine (C=N–C) groups is 1. The van der Waals surface area contributed by atoms with Crippen LogP contribution in [-0.4, -0.2) is 111 Å². The minimum Gasteiger partial charge on any atom is -0.493 e. The molecule has 4 aromatic rings. The van der Waals surface area contributed by atoms with Gasteiger partial charge in [0.25, 0.3) is 23.6 Å². The highest BCUT2D eigenvalue weighted by molar-refractivity contribution is 8.77. The summed E-state index contributed by atoms with van der Waals surface area (Å²) in [6, 6.07) is 21.0. The lowest BCUT2D eigenvalue weighted by Gasteiger charge is -2.31. The van der Waals surface area contributed by atoms with Gasteiger partial charge in [-0.05, 0) is 68.1 Å². The second-order valence-electron chi connectivity index (χ2n) is 17.9. The number of hydroxylamine groups is 2. The topological polar surface area (TPSA) is 169 Å². The molecule has 0 radical (unpaired) electrons. The van der Waals surface area contributed by atoms with Crippen LogP contribution in [0.4, 0.5) is 28.4 Å². The van der Waals surface area contributed by atoms with Crippen molar-refractivity contribution in [1.82, 2.24) is 5.06 Å². The predicted octanol–water partition coefficient (Wildman–Crippen LogP) is 7.82. The summed E-state index contributed by atoms with van der Waals surface area (Å²) in [5.41, 5.74) is 7.15. The lowest BCUT2D eigenvalue weighted by atomic mass is 10.1. The summed E-state index contributed by atoms with van der Waals surface area (Å²) < 4.78 is 23.7. The maximum absolute atomic E-state index is 14.5. The van der Waals surface area contributed by atoms with E-state index in [0.717, 1.165) is 28.2 Å². The van der Waals surface area contributed by atoms with Gasteiger partial charge in [0.1, 0.15) is 0 Å². The molecule has 68 heavy (non-hydrogen) atoms. The molecule has 18 heteroatoms.